The number of para-hydroxylation sites is 1. The molecule has 2 aliphatic heterocycles. The number of alkyl halides is 1. The van der Waals surface area contributed by atoms with E-state index in [2.05, 4.69) is 15.2 Å². The van der Waals surface area contributed by atoms with Gasteiger partial charge in [-0.1, -0.05) is 23.7 Å². The molecule has 0 aliphatic carbocycles. The third kappa shape index (κ3) is 3.87. The Morgan fingerprint density at radius 1 is 1.37 bits per heavy atom. The molecule has 5 nitrogen and oxygen atoms in total. The molecule has 2 saturated heterocycles. The van der Waals surface area contributed by atoms with E-state index in [-0.39, 0.29) is 24.5 Å². The summed E-state index contributed by atoms with van der Waals surface area (Å²) in [6, 6.07) is 7.98. The van der Waals surface area contributed by atoms with Crippen LogP contribution in [0, 0.1) is 0 Å². The third-order valence-corrected chi connectivity index (χ3v) is 5.86. The van der Waals surface area contributed by atoms with E-state index in [9.17, 15) is 9.18 Å². The molecular formula is C20H24ClFN4O. The maximum absolute atomic E-state index is 13.5. The Hall–Kier alpha value is -1.92. The lowest BCUT2D eigenvalue weighted by Gasteiger charge is -2.24. The average molecular weight is 391 g/mol. The lowest BCUT2D eigenvalue weighted by molar-refractivity contribution is -0.132. The molecule has 0 bridgehead atoms. The molecule has 0 saturated carbocycles. The number of carbonyl (C=O) groups excluding carboxylic acids is 1. The highest BCUT2D eigenvalue weighted by molar-refractivity contribution is 6.35. The van der Waals surface area contributed by atoms with Crippen molar-refractivity contribution in [2.75, 3.05) is 31.5 Å². The van der Waals surface area contributed by atoms with E-state index in [1.54, 1.807) is 11.1 Å². The predicted octanol–water partition coefficient (Wildman–Crippen LogP) is 3.33. The molecular weight excluding hydrogens is 367 g/mol. The second-order valence-corrected chi connectivity index (χ2v) is 7.99. The Labute approximate surface area is 163 Å². The van der Waals surface area contributed by atoms with Gasteiger partial charge in [-0.2, -0.15) is 0 Å². The van der Waals surface area contributed by atoms with Gasteiger partial charge in [-0.3, -0.25) is 14.7 Å². The molecule has 3 atom stereocenters. The van der Waals surface area contributed by atoms with Gasteiger partial charge in [-0.25, -0.2) is 4.39 Å². The van der Waals surface area contributed by atoms with Crippen LogP contribution in [-0.4, -0.2) is 65.1 Å². The lowest BCUT2D eigenvalue weighted by atomic mass is 10.1. The average Bonchev–Trinajstić information content (AvgIpc) is 3.21. The monoisotopic (exact) mass is 390 g/mol. The van der Waals surface area contributed by atoms with Crippen LogP contribution in [0.4, 0.5) is 10.1 Å². The van der Waals surface area contributed by atoms with Gasteiger partial charge in [0.2, 0.25) is 5.91 Å². The van der Waals surface area contributed by atoms with Crippen LogP contribution in [0.5, 0.6) is 0 Å². The summed E-state index contributed by atoms with van der Waals surface area (Å²) >= 11 is 6.24. The zero-order chi connectivity index (χ0) is 19.0. The van der Waals surface area contributed by atoms with Crippen LogP contribution < -0.4 is 5.32 Å². The van der Waals surface area contributed by atoms with E-state index in [0.29, 0.717) is 18.0 Å². The van der Waals surface area contributed by atoms with Gasteiger partial charge >= 0.3 is 0 Å². The van der Waals surface area contributed by atoms with Gasteiger partial charge < -0.3 is 10.2 Å². The molecule has 1 aromatic carbocycles. The van der Waals surface area contributed by atoms with E-state index < -0.39 is 6.17 Å². The van der Waals surface area contributed by atoms with Crippen molar-refractivity contribution in [3.63, 3.8) is 0 Å². The molecule has 2 aliphatic rings. The van der Waals surface area contributed by atoms with Crippen LogP contribution in [-0.2, 0) is 4.79 Å². The fraction of sp³-hybridized carbons (Fsp3) is 0.500. The molecule has 1 aromatic heterocycles. The van der Waals surface area contributed by atoms with Crippen molar-refractivity contribution < 1.29 is 9.18 Å². The maximum atomic E-state index is 13.5. The third-order valence-electron chi connectivity index (χ3n) is 5.56. The fourth-order valence-electron chi connectivity index (χ4n) is 4.17. The first-order valence-electron chi connectivity index (χ1n) is 9.47. The van der Waals surface area contributed by atoms with Crippen molar-refractivity contribution >= 4 is 34.1 Å². The second-order valence-electron chi connectivity index (χ2n) is 7.59. The summed E-state index contributed by atoms with van der Waals surface area (Å²) in [6.07, 6.45) is 2.28. The molecule has 144 valence electrons. The minimum absolute atomic E-state index is 0.00282. The van der Waals surface area contributed by atoms with Crippen LogP contribution >= 0.6 is 11.6 Å². The molecule has 4 rings (SSSR count). The molecule has 7 heteroatoms. The second kappa shape index (κ2) is 7.60. The van der Waals surface area contributed by atoms with E-state index in [1.165, 1.54) is 0 Å². The molecule has 2 aromatic rings. The Morgan fingerprint density at radius 3 is 3.00 bits per heavy atom. The molecule has 27 heavy (non-hydrogen) atoms. The summed E-state index contributed by atoms with van der Waals surface area (Å²) in [5.74, 6) is 0.0319. The Bertz CT molecular complexity index is 848. The number of likely N-dealkylation sites (tertiary alicyclic amines) is 2. The number of halogens is 2. The number of hydrogen-bond acceptors (Lipinski definition) is 4. The first-order valence-corrected chi connectivity index (χ1v) is 9.84. The lowest BCUT2D eigenvalue weighted by Crippen LogP contribution is -2.42. The molecule has 3 heterocycles. The van der Waals surface area contributed by atoms with Gasteiger partial charge in [0, 0.05) is 48.9 Å². The van der Waals surface area contributed by atoms with Crippen molar-refractivity contribution in [1.29, 1.82) is 0 Å². The van der Waals surface area contributed by atoms with Crippen molar-refractivity contribution in [2.45, 2.75) is 38.0 Å². The molecule has 0 spiro atoms. The number of nitrogens with one attached hydrogen (secondary N) is 1. The van der Waals surface area contributed by atoms with Crippen molar-refractivity contribution in [3.05, 3.63) is 35.5 Å². The fourth-order valence-corrected chi connectivity index (χ4v) is 4.40. The highest BCUT2D eigenvalue weighted by atomic mass is 35.5. The summed E-state index contributed by atoms with van der Waals surface area (Å²) in [6.45, 7) is 4.16. The summed E-state index contributed by atoms with van der Waals surface area (Å²) < 4.78 is 13.5. The van der Waals surface area contributed by atoms with Crippen molar-refractivity contribution in [3.8, 4) is 0 Å². The smallest absolute Gasteiger partial charge is 0.237 e. The van der Waals surface area contributed by atoms with Crippen LogP contribution in [0.2, 0.25) is 5.02 Å². The van der Waals surface area contributed by atoms with E-state index in [0.717, 1.165) is 36.1 Å². The number of anilines is 1. The molecule has 1 amide bonds. The highest BCUT2D eigenvalue weighted by Gasteiger charge is 2.34. The summed E-state index contributed by atoms with van der Waals surface area (Å²) in [5, 5.41) is 5.21. The number of amides is 1. The SMILES string of the molecule is C[C@@H]1C[C@H](F)CN1C(=O)CN1CC[C@@H](Nc2ccnc3c(Cl)cccc23)C1. The minimum Gasteiger partial charge on any atom is -0.380 e. The number of aromatic nitrogens is 1. The number of pyridine rings is 1. The zero-order valence-electron chi connectivity index (χ0n) is 15.4. The number of fused-ring (bicyclic) bond motifs is 1. The molecule has 2 fully saturated rings. The van der Waals surface area contributed by atoms with Gasteiger partial charge in [0.25, 0.3) is 0 Å². The Balaban J connectivity index is 1.38. The van der Waals surface area contributed by atoms with Gasteiger partial charge in [0.1, 0.15) is 6.17 Å². The number of benzene rings is 1. The molecule has 0 radical (unpaired) electrons. The van der Waals surface area contributed by atoms with Crippen LogP contribution in [0.3, 0.4) is 0 Å². The van der Waals surface area contributed by atoms with Gasteiger partial charge in [0.15, 0.2) is 0 Å². The van der Waals surface area contributed by atoms with Crippen molar-refractivity contribution in [2.24, 2.45) is 0 Å². The number of carbonyl (C=O) groups is 1. The van der Waals surface area contributed by atoms with Crippen molar-refractivity contribution in [1.82, 2.24) is 14.8 Å². The number of rotatable bonds is 4. The first-order chi connectivity index (χ1) is 13.0. The van der Waals surface area contributed by atoms with E-state index >= 15 is 0 Å². The molecule has 0 unspecified atom stereocenters. The Kier molecular flexibility index (Phi) is 5.19. The maximum Gasteiger partial charge on any atom is 0.237 e. The van der Waals surface area contributed by atoms with Gasteiger partial charge in [-0.05, 0) is 25.5 Å². The summed E-state index contributed by atoms with van der Waals surface area (Å²) in [7, 11) is 0. The van der Waals surface area contributed by atoms with Crippen LogP contribution in [0.15, 0.2) is 30.5 Å². The quantitative estimate of drug-likeness (QED) is 0.869. The summed E-state index contributed by atoms with van der Waals surface area (Å²) in [5.41, 5.74) is 1.80. The topological polar surface area (TPSA) is 48.5 Å². The standard InChI is InChI=1S/C20H24ClFN4O/c1-13-9-14(22)10-26(13)19(27)12-25-8-6-15(11-25)24-18-5-7-23-20-16(18)3-2-4-17(20)21/h2-5,7,13-15H,6,8-12H2,1H3,(H,23,24)/t13-,14+,15-/m1/s1. The normalized spacial score (nSPS) is 26.0. The number of hydrogen-bond donors (Lipinski definition) is 1. The predicted molar refractivity (Wildman–Crippen MR) is 106 cm³/mol. The largest absolute Gasteiger partial charge is 0.380 e. The van der Waals surface area contributed by atoms with Gasteiger partial charge in [-0.15, -0.1) is 0 Å². The first kappa shape index (κ1) is 18.4. The zero-order valence-corrected chi connectivity index (χ0v) is 16.1. The highest BCUT2D eigenvalue weighted by Crippen LogP contribution is 2.28. The van der Waals surface area contributed by atoms with E-state index in [4.69, 9.17) is 11.6 Å². The van der Waals surface area contributed by atoms with E-state index in [1.807, 2.05) is 31.2 Å². The van der Waals surface area contributed by atoms with Crippen LogP contribution in [0.25, 0.3) is 10.9 Å². The van der Waals surface area contributed by atoms with Crippen LogP contribution in [0.1, 0.15) is 19.8 Å². The van der Waals surface area contributed by atoms with Gasteiger partial charge in [0.05, 0.1) is 23.6 Å². The Morgan fingerprint density at radius 2 is 2.22 bits per heavy atom. The molecule has 1 N–H and O–H groups in total. The summed E-state index contributed by atoms with van der Waals surface area (Å²) in [4.78, 5) is 20.7. The minimum atomic E-state index is -0.885. The number of nitrogens with zero attached hydrogens (tertiary/aromatic N) is 3.